The zero-order chi connectivity index (χ0) is 49.7. The third-order valence-corrected chi connectivity index (χ3v) is 18.9. The highest BCUT2D eigenvalue weighted by atomic mass is 16.8. The van der Waals surface area contributed by atoms with E-state index >= 15 is 4.79 Å². The second-order valence-corrected chi connectivity index (χ2v) is 22.1. The van der Waals surface area contributed by atoms with E-state index < -0.39 is 151 Å². The van der Waals surface area contributed by atoms with Crippen LogP contribution in [0.3, 0.4) is 0 Å². The molecule has 0 unspecified atom stereocenters. The Hall–Kier alpha value is -2.22. The monoisotopic (exact) mass is 970 g/mol. The molecule has 4 aliphatic carbocycles. The van der Waals surface area contributed by atoms with Crippen molar-refractivity contribution in [3.63, 3.8) is 0 Å². The highest BCUT2D eigenvalue weighted by Gasteiger charge is 2.75. The van der Waals surface area contributed by atoms with Crippen LogP contribution in [-0.4, -0.2) is 192 Å². The van der Waals surface area contributed by atoms with E-state index in [1.165, 1.54) is 6.92 Å². The Balaban J connectivity index is 1.00. The lowest BCUT2D eigenvalue weighted by atomic mass is 9.33. The quantitative estimate of drug-likeness (QED) is 0.0845. The standard InChI is InChI=1S/C48H74O20/c1-19(2)22-8-11-48(13-12-45(5)24(30(22)48)14-25-40-46(45,6)10-9-23(20(3)16-49)47(40,7)28(51)15-29(52)64-25)44(61)68-43-37(59)34(56)32(54)27(66-43)18-62-41-38(60)35(57)39(26(17-50)65-41)67-42-36(58)33(55)31(53)21(4)63-42/h21-28,30-43,49-51,53-60H,1,3,8-18H2,2,4-7H3/t21-,22-,23-,24+,25+,26+,27+,28+,30+,31-,32+,33+,34-,35+,36+,37+,38+,39+,40-,41+,42-,43-,45+,46+,47+,48-/m0/s1. The van der Waals surface area contributed by atoms with Crippen molar-refractivity contribution >= 4 is 11.9 Å². The summed E-state index contributed by atoms with van der Waals surface area (Å²) < 4.78 is 40.9. The fourth-order valence-corrected chi connectivity index (χ4v) is 14.9. The van der Waals surface area contributed by atoms with Crippen molar-refractivity contribution in [3.05, 3.63) is 24.3 Å². The summed E-state index contributed by atoms with van der Waals surface area (Å²) in [6, 6.07) is 0. The molecule has 20 nitrogen and oxygen atoms in total. The molecule has 0 radical (unpaired) electrons. The molecule has 68 heavy (non-hydrogen) atoms. The topological polar surface area (TPSA) is 321 Å². The van der Waals surface area contributed by atoms with Gasteiger partial charge in [-0.05, 0) is 98.9 Å². The fraction of sp³-hybridized carbons (Fsp3) is 0.875. The zero-order valence-corrected chi connectivity index (χ0v) is 39.5. The zero-order valence-electron chi connectivity index (χ0n) is 39.5. The molecular weight excluding hydrogens is 897 g/mol. The summed E-state index contributed by atoms with van der Waals surface area (Å²) >= 11 is 0. The van der Waals surface area contributed by atoms with Crippen LogP contribution < -0.4 is 0 Å². The molecule has 8 aliphatic rings. The predicted molar refractivity (Wildman–Crippen MR) is 232 cm³/mol. The number of aliphatic hydroxyl groups excluding tert-OH is 11. The van der Waals surface area contributed by atoms with Gasteiger partial charge in [-0.1, -0.05) is 39.5 Å². The van der Waals surface area contributed by atoms with Gasteiger partial charge in [0.1, 0.15) is 73.2 Å². The number of allylic oxidation sites excluding steroid dienone is 1. The summed E-state index contributed by atoms with van der Waals surface area (Å²) in [7, 11) is 0. The maximum Gasteiger partial charge on any atom is 0.314 e. The van der Waals surface area contributed by atoms with Crippen LogP contribution in [0.25, 0.3) is 0 Å². The summed E-state index contributed by atoms with van der Waals surface area (Å²) in [6.07, 6.45) is -23.0. The number of esters is 2. The Morgan fingerprint density at radius 3 is 2.06 bits per heavy atom. The van der Waals surface area contributed by atoms with Crippen LogP contribution in [-0.2, 0) is 42.7 Å². The van der Waals surface area contributed by atoms with Gasteiger partial charge in [0, 0.05) is 11.3 Å². The molecule has 0 bridgehead atoms. The molecule has 11 N–H and O–H groups in total. The Morgan fingerprint density at radius 2 is 1.40 bits per heavy atom. The molecule has 26 atom stereocenters. The summed E-state index contributed by atoms with van der Waals surface area (Å²) in [5.74, 6) is -2.46. The van der Waals surface area contributed by atoms with Gasteiger partial charge in [-0.25, -0.2) is 0 Å². The molecule has 0 aromatic carbocycles. The van der Waals surface area contributed by atoms with E-state index in [1.807, 2.05) is 13.8 Å². The van der Waals surface area contributed by atoms with E-state index in [1.54, 1.807) is 0 Å². The largest absolute Gasteiger partial charge is 0.462 e. The van der Waals surface area contributed by atoms with E-state index in [9.17, 15) is 61.0 Å². The lowest BCUT2D eigenvalue weighted by Crippen LogP contribution is -2.69. The van der Waals surface area contributed by atoms with Crippen molar-refractivity contribution in [3.8, 4) is 0 Å². The smallest absolute Gasteiger partial charge is 0.314 e. The number of fused-ring (bicyclic) bond motifs is 4. The number of carbonyl (C=O) groups excluding carboxylic acids is 2. The van der Waals surface area contributed by atoms with E-state index in [2.05, 4.69) is 27.0 Å². The molecule has 386 valence electrons. The van der Waals surface area contributed by atoms with Gasteiger partial charge in [0.05, 0.1) is 43.9 Å². The third kappa shape index (κ3) is 8.04. The van der Waals surface area contributed by atoms with E-state index in [0.717, 1.165) is 5.57 Å². The van der Waals surface area contributed by atoms with Crippen molar-refractivity contribution in [2.24, 2.45) is 51.2 Å². The van der Waals surface area contributed by atoms with Crippen molar-refractivity contribution in [2.45, 2.75) is 190 Å². The van der Waals surface area contributed by atoms with E-state index in [4.69, 9.17) is 33.2 Å². The Bertz CT molecular complexity index is 1900. The number of aliphatic hydroxyl groups is 11. The lowest BCUT2D eigenvalue weighted by molar-refractivity contribution is -0.361. The number of hydrogen-bond acceptors (Lipinski definition) is 20. The first-order chi connectivity index (χ1) is 31.9. The Morgan fingerprint density at radius 1 is 0.750 bits per heavy atom. The van der Waals surface area contributed by atoms with Crippen LogP contribution in [0.5, 0.6) is 0 Å². The van der Waals surface area contributed by atoms with Crippen molar-refractivity contribution < 1.29 is 98.9 Å². The van der Waals surface area contributed by atoms with Gasteiger partial charge in [-0.2, -0.15) is 0 Å². The van der Waals surface area contributed by atoms with Crippen LogP contribution in [0.15, 0.2) is 24.3 Å². The van der Waals surface area contributed by atoms with Crippen molar-refractivity contribution in [1.82, 2.24) is 0 Å². The first kappa shape index (κ1) is 52.1. The normalized spacial score (nSPS) is 53.5. The van der Waals surface area contributed by atoms with Crippen LogP contribution in [0.1, 0.15) is 86.0 Å². The van der Waals surface area contributed by atoms with Gasteiger partial charge >= 0.3 is 11.9 Å². The predicted octanol–water partition coefficient (Wildman–Crippen LogP) is -1.32. The first-order valence-electron chi connectivity index (χ1n) is 24.2. The van der Waals surface area contributed by atoms with Gasteiger partial charge in [0.2, 0.25) is 6.29 Å². The van der Waals surface area contributed by atoms with Crippen molar-refractivity contribution in [1.29, 1.82) is 0 Å². The average Bonchev–Trinajstić information content (AvgIpc) is 3.67. The molecule has 4 saturated heterocycles. The maximum atomic E-state index is 15.0. The van der Waals surface area contributed by atoms with E-state index in [-0.39, 0.29) is 42.6 Å². The molecule has 4 heterocycles. The summed E-state index contributed by atoms with van der Waals surface area (Å²) in [6.45, 7) is 16.7. The number of rotatable bonds is 11. The van der Waals surface area contributed by atoms with Crippen LogP contribution in [0.2, 0.25) is 0 Å². The molecule has 20 heteroatoms. The highest BCUT2D eigenvalue weighted by molar-refractivity contribution is 5.78. The molecular formula is C48H74O20. The van der Waals surface area contributed by atoms with Gasteiger partial charge in [-0.15, -0.1) is 0 Å². The van der Waals surface area contributed by atoms with Crippen LogP contribution >= 0.6 is 0 Å². The number of carbonyl (C=O) groups is 2. The van der Waals surface area contributed by atoms with Gasteiger partial charge < -0.3 is 89.3 Å². The minimum absolute atomic E-state index is 0.143. The minimum atomic E-state index is -1.91. The van der Waals surface area contributed by atoms with E-state index in [0.29, 0.717) is 50.5 Å². The fourth-order valence-electron chi connectivity index (χ4n) is 14.9. The minimum Gasteiger partial charge on any atom is -0.462 e. The molecule has 4 saturated carbocycles. The van der Waals surface area contributed by atoms with Gasteiger partial charge in [0.25, 0.3) is 0 Å². The molecule has 4 aliphatic heterocycles. The molecule has 0 amide bonds. The van der Waals surface area contributed by atoms with Crippen LogP contribution in [0, 0.1) is 51.2 Å². The molecule has 8 rings (SSSR count). The molecule has 8 fully saturated rings. The molecule has 0 aromatic rings. The maximum absolute atomic E-state index is 15.0. The second-order valence-electron chi connectivity index (χ2n) is 22.1. The lowest BCUT2D eigenvalue weighted by Gasteiger charge is -2.71. The van der Waals surface area contributed by atoms with Crippen molar-refractivity contribution in [2.75, 3.05) is 19.8 Å². The third-order valence-electron chi connectivity index (χ3n) is 18.9. The summed E-state index contributed by atoms with van der Waals surface area (Å²) in [5.41, 5.74) is -1.44. The Kier molecular flexibility index (Phi) is 14.6. The average molecular weight is 971 g/mol. The summed E-state index contributed by atoms with van der Waals surface area (Å²) in [4.78, 5) is 28.5. The first-order valence-corrected chi connectivity index (χ1v) is 24.2. The highest BCUT2D eigenvalue weighted by Crippen LogP contribution is 2.77. The second kappa shape index (κ2) is 19.0. The Labute approximate surface area is 395 Å². The van der Waals surface area contributed by atoms with Gasteiger partial charge in [0.15, 0.2) is 12.6 Å². The van der Waals surface area contributed by atoms with Gasteiger partial charge in [-0.3, -0.25) is 9.59 Å². The summed E-state index contributed by atoms with van der Waals surface area (Å²) in [5, 5.41) is 119. The molecule has 0 aromatic heterocycles. The SMILES string of the molecule is C=C(C)[C@@H]1CC[C@]2(C(=O)O[C@@H]3O[C@H](CO[C@@H]4O[C@H](CO)[C@@H](O[C@@H]5O[C@@H](C)[C@H](O)[C@@H](O)[C@H]5O)[C@H](O)[C@H]4O)[C@@H](O)[C@H](O)[C@H]3O)CC[C@]3(C)[C@H](C[C@H]4OC(=O)C[C@@H](O)[C@]5(C)[C@@H]4[C@@]3(C)CC[C@H]5C(=C)CO)[C@@H]12. The number of hydrogen-bond donors (Lipinski definition) is 11. The molecule has 0 spiro atoms. The number of ether oxygens (including phenoxy) is 7. The van der Waals surface area contributed by atoms with Crippen LogP contribution in [0.4, 0.5) is 0 Å².